The molecule has 0 aliphatic rings. The van der Waals surface area contributed by atoms with Crippen LogP contribution in [-0.2, 0) is 4.74 Å². The number of nitrogens with zero attached hydrogens (tertiary/aromatic N) is 4. The van der Waals surface area contributed by atoms with Gasteiger partial charge in [0.2, 0.25) is 0 Å². The molecule has 0 atom stereocenters. The van der Waals surface area contributed by atoms with E-state index in [4.69, 9.17) is 4.74 Å². The second-order valence-corrected chi connectivity index (χ2v) is 5.95. The molecule has 118 valence electrons. The minimum Gasteiger partial charge on any atom is -0.443 e. The van der Waals surface area contributed by atoms with Crippen molar-refractivity contribution < 1.29 is 13.9 Å². The molecule has 22 heavy (non-hydrogen) atoms. The number of carbonyl (C=O) groups excluding carboxylic acids is 1. The van der Waals surface area contributed by atoms with Crippen LogP contribution in [0.25, 0.3) is 5.69 Å². The smallest absolute Gasteiger partial charge is 0.414 e. The normalized spacial score (nSPS) is 11.4. The molecule has 6 nitrogen and oxygen atoms in total. The number of carbonyl (C=O) groups is 1. The van der Waals surface area contributed by atoms with Gasteiger partial charge in [-0.1, -0.05) is 0 Å². The second kappa shape index (κ2) is 5.75. The minimum absolute atomic E-state index is 0.451. The maximum Gasteiger partial charge on any atom is 0.414 e. The Morgan fingerprint density at radius 1 is 1.36 bits per heavy atom. The SMILES string of the molecule is Cc1nn(-c2cncc(F)c2)cc1N(C)C(=O)OC(C)(C)C. The third-order valence-corrected chi connectivity index (χ3v) is 2.86. The molecule has 0 aliphatic heterocycles. The van der Waals surface area contributed by atoms with Crippen LogP contribution in [0.15, 0.2) is 24.7 Å². The van der Waals surface area contributed by atoms with Crippen LogP contribution in [-0.4, -0.2) is 33.5 Å². The fourth-order valence-electron chi connectivity index (χ4n) is 1.87. The number of anilines is 1. The summed E-state index contributed by atoms with van der Waals surface area (Å²) in [5, 5.41) is 4.28. The summed E-state index contributed by atoms with van der Waals surface area (Å²) in [7, 11) is 1.60. The number of aromatic nitrogens is 3. The van der Waals surface area contributed by atoms with Gasteiger partial charge in [-0.2, -0.15) is 5.10 Å². The van der Waals surface area contributed by atoms with Gasteiger partial charge in [0.05, 0.1) is 35.7 Å². The van der Waals surface area contributed by atoms with E-state index in [0.717, 1.165) is 6.20 Å². The van der Waals surface area contributed by atoms with Crippen LogP contribution in [0.3, 0.4) is 0 Å². The van der Waals surface area contributed by atoms with Gasteiger partial charge in [-0.3, -0.25) is 9.88 Å². The van der Waals surface area contributed by atoms with E-state index in [1.807, 2.05) is 0 Å². The van der Waals surface area contributed by atoms with E-state index in [1.54, 1.807) is 40.9 Å². The van der Waals surface area contributed by atoms with Crippen molar-refractivity contribution in [2.45, 2.75) is 33.3 Å². The van der Waals surface area contributed by atoms with Crippen LogP contribution < -0.4 is 4.90 Å². The van der Waals surface area contributed by atoms with E-state index in [-0.39, 0.29) is 0 Å². The molecule has 2 aromatic rings. The zero-order chi connectivity index (χ0) is 16.5. The number of rotatable bonds is 2. The lowest BCUT2D eigenvalue weighted by molar-refractivity contribution is 0.0589. The maximum absolute atomic E-state index is 13.2. The molecule has 0 saturated carbocycles. The van der Waals surface area contributed by atoms with Crippen LogP contribution in [0.2, 0.25) is 0 Å². The summed E-state index contributed by atoms with van der Waals surface area (Å²) in [5.74, 6) is -0.451. The average Bonchev–Trinajstić information content (AvgIpc) is 2.78. The van der Waals surface area contributed by atoms with Crippen molar-refractivity contribution in [1.29, 1.82) is 0 Å². The van der Waals surface area contributed by atoms with E-state index in [0.29, 0.717) is 17.1 Å². The van der Waals surface area contributed by atoms with Gasteiger partial charge in [0, 0.05) is 13.1 Å². The van der Waals surface area contributed by atoms with Crippen LogP contribution in [0.1, 0.15) is 26.5 Å². The van der Waals surface area contributed by atoms with Crippen molar-refractivity contribution in [3.63, 3.8) is 0 Å². The summed E-state index contributed by atoms with van der Waals surface area (Å²) >= 11 is 0. The van der Waals surface area contributed by atoms with Gasteiger partial charge in [0.15, 0.2) is 0 Å². The summed E-state index contributed by atoms with van der Waals surface area (Å²) in [4.78, 5) is 17.3. The fourth-order valence-corrected chi connectivity index (χ4v) is 1.87. The van der Waals surface area contributed by atoms with Crippen molar-refractivity contribution in [3.8, 4) is 5.69 Å². The lowest BCUT2D eigenvalue weighted by Gasteiger charge is -2.24. The Bertz CT molecular complexity index is 691. The topological polar surface area (TPSA) is 60.2 Å². The van der Waals surface area contributed by atoms with Gasteiger partial charge in [-0.15, -0.1) is 0 Å². The van der Waals surface area contributed by atoms with Crippen molar-refractivity contribution in [3.05, 3.63) is 36.2 Å². The van der Waals surface area contributed by atoms with Gasteiger partial charge in [0.1, 0.15) is 11.4 Å². The van der Waals surface area contributed by atoms with E-state index in [9.17, 15) is 9.18 Å². The van der Waals surface area contributed by atoms with E-state index in [2.05, 4.69) is 10.1 Å². The van der Waals surface area contributed by atoms with Crippen molar-refractivity contribution in [1.82, 2.24) is 14.8 Å². The van der Waals surface area contributed by atoms with Crippen LogP contribution in [0.5, 0.6) is 0 Å². The molecule has 2 rings (SSSR count). The third-order valence-electron chi connectivity index (χ3n) is 2.86. The molecule has 7 heteroatoms. The van der Waals surface area contributed by atoms with E-state index < -0.39 is 17.5 Å². The Morgan fingerprint density at radius 2 is 2.05 bits per heavy atom. The molecule has 0 aromatic carbocycles. The fraction of sp³-hybridized carbons (Fsp3) is 0.400. The van der Waals surface area contributed by atoms with Gasteiger partial charge in [0.25, 0.3) is 0 Å². The first-order chi connectivity index (χ1) is 10.2. The summed E-state index contributed by atoms with van der Waals surface area (Å²) in [6.07, 6.45) is 3.77. The van der Waals surface area contributed by atoms with Crippen LogP contribution in [0.4, 0.5) is 14.9 Å². The summed E-state index contributed by atoms with van der Waals surface area (Å²) in [6.45, 7) is 7.16. The molecular formula is C15H19FN4O2. The molecule has 2 aromatic heterocycles. The molecule has 0 fully saturated rings. The lowest BCUT2D eigenvalue weighted by Crippen LogP contribution is -2.34. The monoisotopic (exact) mass is 306 g/mol. The van der Waals surface area contributed by atoms with E-state index >= 15 is 0 Å². The predicted molar refractivity (Wildman–Crippen MR) is 80.7 cm³/mol. The van der Waals surface area contributed by atoms with Crippen LogP contribution >= 0.6 is 0 Å². The molecule has 2 heterocycles. The number of pyridine rings is 1. The Balaban J connectivity index is 2.28. The van der Waals surface area contributed by atoms with Crippen molar-refractivity contribution in [2.24, 2.45) is 0 Å². The first kappa shape index (κ1) is 15.9. The molecule has 0 N–H and O–H groups in total. The molecule has 1 amide bonds. The zero-order valence-corrected chi connectivity index (χ0v) is 13.3. The third kappa shape index (κ3) is 3.60. The van der Waals surface area contributed by atoms with Gasteiger partial charge < -0.3 is 4.74 Å². The van der Waals surface area contributed by atoms with E-state index in [1.165, 1.54) is 21.8 Å². The Morgan fingerprint density at radius 3 is 2.64 bits per heavy atom. The Labute approximate surface area is 128 Å². The second-order valence-electron chi connectivity index (χ2n) is 5.95. The molecule has 0 radical (unpaired) electrons. The highest BCUT2D eigenvalue weighted by Gasteiger charge is 2.23. The predicted octanol–water partition coefficient (Wildman–Crippen LogP) is 3.09. The number of aryl methyl sites for hydroxylation is 1. The number of amides is 1. The van der Waals surface area contributed by atoms with Crippen molar-refractivity contribution >= 4 is 11.8 Å². The maximum atomic E-state index is 13.2. The number of ether oxygens (including phenoxy) is 1. The molecule has 0 bridgehead atoms. The molecule has 0 aliphatic carbocycles. The number of halogens is 1. The molecule has 0 unspecified atom stereocenters. The quantitative estimate of drug-likeness (QED) is 0.855. The molecule has 0 saturated heterocycles. The zero-order valence-electron chi connectivity index (χ0n) is 13.3. The van der Waals surface area contributed by atoms with Gasteiger partial charge >= 0.3 is 6.09 Å². The summed E-state index contributed by atoms with van der Waals surface area (Å²) < 4.78 is 20.0. The average molecular weight is 306 g/mol. The number of hydrogen-bond donors (Lipinski definition) is 0. The Kier molecular flexibility index (Phi) is 4.16. The standard InChI is InChI=1S/C15H19FN4O2/c1-10-13(19(5)14(21)22-15(2,3)4)9-20(18-10)12-6-11(16)7-17-8-12/h6-9H,1-5H3. The highest BCUT2D eigenvalue weighted by Crippen LogP contribution is 2.22. The molecular weight excluding hydrogens is 287 g/mol. The first-order valence-corrected chi connectivity index (χ1v) is 6.81. The van der Waals surface area contributed by atoms with Gasteiger partial charge in [-0.25, -0.2) is 13.9 Å². The highest BCUT2D eigenvalue weighted by molar-refractivity contribution is 5.87. The largest absolute Gasteiger partial charge is 0.443 e. The highest BCUT2D eigenvalue weighted by atomic mass is 19.1. The first-order valence-electron chi connectivity index (χ1n) is 6.81. The summed E-state index contributed by atoms with van der Waals surface area (Å²) in [5.41, 5.74) is 1.10. The van der Waals surface area contributed by atoms with Gasteiger partial charge in [-0.05, 0) is 27.7 Å². The molecule has 0 spiro atoms. The number of hydrogen-bond acceptors (Lipinski definition) is 4. The Hall–Kier alpha value is -2.44. The minimum atomic E-state index is -0.582. The van der Waals surface area contributed by atoms with Crippen LogP contribution in [0, 0.1) is 12.7 Å². The van der Waals surface area contributed by atoms with Crippen molar-refractivity contribution in [2.75, 3.05) is 11.9 Å². The summed E-state index contributed by atoms with van der Waals surface area (Å²) in [6, 6.07) is 1.32. The lowest BCUT2D eigenvalue weighted by atomic mass is 10.2.